The molecule has 1 saturated carbocycles. The van der Waals surface area contributed by atoms with Crippen molar-refractivity contribution in [3.05, 3.63) is 59.9 Å². The van der Waals surface area contributed by atoms with E-state index in [0.29, 0.717) is 24.9 Å². The van der Waals surface area contributed by atoms with Crippen LogP contribution in [0.25, 0.3) is 0 Å². The van der Waals surface area contributed by atoms with Crippen LogP contribution < -0.4 is 9.47 Å². The average molecular weight is 358 g/mol. The lowest BCUT2D eigenvalue weighted by atomic mass is 9.95. The summed E-state index contributed by atoms with van der Waals surface area (Å²) in [5, 5.41) is 0. The molecule has 0 spiro atoms. The summed E-state index contributed by atoms with van der Waals surface area (Å²) in [5.74, 6) is 2.69. The number of hydrogen-bond acceptors (Lipinski definition) is 2. The van der Waals surface area contributed by atoms with Crippen LogP contribution in [0.5, 0.6) is 11.5 Å². The zero-order chi connectivity index (χ0) is 18.8. The van der Waals surface area contributed by atoms with Crippen molar-refractivity contribution >= 4 is 0 Å². The van der Waals surface area contributed by atoms with E-state index in [1.165, 1.54) is 43.4 Å². The molecule has 3 rings (SSSR count). The van der Waals surface area contributed by atoms with E-state index >= 15 is 0 Å². The maximum atomic E-state index is 13.0. The smallest absolute Gasteiger partial charge is 0.126 e. The molecule has 1 aliphatic carbocycles. The second-order valence-electron chi connectivity index (χ2n) is 6.51. The van der Waals surface area contributed by atoms with Crippen LogP contribution >= 0.6 is 0 Å². The van der Waals surface area contributed by atoms with Gasteiger partial charge in [-0.05, 0) is 60.9 Å². The summed E-state index contributed by atoms with van der Waals surface area (Å²) in [6.45, 7) is 7.12. The van der Waals surface area contributed by atoms with Crippen molar-refractivity contribution in [2.45, 2.75) is 52.4 Å². The third-order valence-corrected chi connectivity index (χ3v) is 4.89. The van der Waals surface area contributed by atoms with Crippen molar-refractivity contribution in [3.8, 4) is 11.5 Å². The highest BCUT2D eigenvalue weighted by atomic mass is 19.1. The van der Waals surface area contributed by atoms with Crippen LogP contribution in [0, 0.1) is 11.7 Å². The average Bonchev–Trinajstić information content (AvgIpc) is 3.17. The molecule has 0 radical (unpaired) electrons. The summed E-state index contributed by atoms with van der Waals surface area (Å²) in [6.07, 6.45) is 5.28. The number of rotatable bonds is 7. The summed E-state index contributed by atoms with van der Waals surface area (Å²) in [5.41, 5.74) is 1.43. The number of benzene rings is 2. The van der Waals surface area contributed by atoms with Crippen LogP contribution in [0.3, 0.4) is 0 Å². The van der Waals surface area contributed by atoms with Gasteiger partial charge < -0.3 is 9.47 Å². The molecule has 2 aromatic carbocycles. The fourth-order valence-corrected chi connectivity index (χ4v) is 3.46. The Morgan fingerprint density at radius 3 is 2.23 bits per heavy atom. The van der Waals surface area contributed by atoms with Gasteiger partial charge in [0.05, 0.1) is 0 Å². The van der Waals surface area contributed by atoms with E-state index in [-0.39, 0.29) is 5.82 Å². The van der Waals surface area contributed by atoms with Crippen molar-refractivity contribution in [2.24, 2.45) is 5.92 Å². The van der Waals surface area contributed by atoms with Gasteiger partial charge in [0.1, 0.15) is 30.5 Å². The molecule has 0 aliphatic heterocycles. The summed E-state index contributed by atoms with van der Waals surface area (Å²) in [7, 11) is 0. The third-order valence-electron chi connectivity index (χ3n) is 4.89. The Morgan fingerprint density at radius 2 is 1.62 bits per heavy atom. The van der Waals surface area contributed by atoms with Gasteiger partial charge in [0.25, 0.3) is 0 Å². The molecule has 3 heteroatoms. The first-order valence-corrected chi connectivity index (χ1v) is 9.85. The fourth-order valence-electron chi connectivity index (χ4n) is 3.46. The highest BCUT2D eigenvalue weighted by molar-refractivity contribution is 5.30. The van der Waals surface area contributed by atoms with E-state index in [9.17, 15) is 4.39 Å². The van der Waals surface area contributed by atoms with Crippen molar-refractivity contribution in [3.63, 3.8) is 0 Å². The van der Waals surface area contributed by atoms with E-state index in [1.54, 1.807) is 12.1 Å². The molecule has 1 aliphatic rings. The van der Waals surface area contributed by atoms with Gasteiger partial charge in [-0.3, -0.25) is 0 Å². The Morgan fingerprint density at radius 1 is 0.923 bits per heavy atom. The Kier molecular flexibility index (Phi) is 8.46. The van der Waals surface area contributed by atoms with Gasteiger partial charge in [-0.1, -0.05) is 45.4 Å². The molecule has 0 amide bonds. The quantitative estimate of drug-likeness (QED) is 0.519. The van der Waals surface area contributed by atoms with E-state index in [4.69, 9.17) is 9.47 Å². The number of hydrogen-bond donors (Lipinski definition) is 0. The molecule has 0 saturated heterocycles. The molecule has 2 atom stereocenters. The molecule has 0 aromatic heterocycles. The van der Waals surface area contributed by atoms with Crippen molar-refractivity contribution in [1.82, 2.24) is 0 Å². The zero-order valence-corrected chi connectivity index (χ0v) is 16.2. The second kappa shape index (κ2) is 10.8. The third kappa shape index (κ3) is 6.05. The van der Waals surface area contributed by atoms with Crippen LogP contribution in [0.4, 0.5) is 4.39 Å². The van der Waals surface area contributed by atoms with Crippen LogP contribution in [0.15, 0.2) is 48.5 Å². The number of ether oxygens (including phenoxy) is 2. The maximum Gasteiger partial charge on any atom is 0.126 e. The minimum Gasteiger partial charge on any atom is -0.490 e. The van der Waals surface area contributed by atoms with Crippen LogP contribution in [0.1, 0.15) is 57.9 Å². The molecule has 1 fully saturated rings. The van der Waals surface area contributed by atoms with Gasteiger partial charge in [-0.25, -0.2) is 4.39 Å². The van der Waals surface area contributed by atoms with E-state index in [2.05, 4.69) is 19.1 Å². The molecular weight excluding hydrogens is 327 g/mol. The van der Waals surface area contributed by atoms with Crippen LogP contribution in [-0.4, -0.2) is 13.2 Å². The molecular formula is C23H31FO2. The first-order chi connectivity index (χ1) is 12.7. The molecule has 26 heavy (non-hydrogen) atoms. The maximum absolute atomic E-state index is 13.0. The molecule has 2 nitrogen and oxygen atoms in total. The first kappa shape index (κ1) is 20.3. The van der Waals surface area contributed by atoms with Gasteiger partial charge in [-0.2, -0.15) is 0 Å². The monoisotopic (exact) mass is 358 g/mol. The molecule has 0 heterocycles. The summed E-state index contributed by atoms with van der Waals surface area (Å²) in [4.78, 5) is 0. The van der Waals surface area contributed by atoms with Crippen molar-refractivity contribution in [2.75, 3.05) is 13.2 Å². The lowest BCUT2D eigenvalue weighted by molar-refractivity contribution is 0.216. The lowest BCUT2D eigenvalue weighted by Crippen LogP contribution is -2.09. The molecule has 142 valence electrons. The minimum atomic E-state index is -0.291. The predicted molar refractivity (Wildman–Crippen MR) is 106 cm³/mol. The Bertz CT molecular complexity index is 639. The van der Waals surface area contributed by atoms with Gasteiger partial charge in [0.2, 0.25) is 0 Å². The van der Waals surface area contributed by atoms with Crippen LogP contribution in [0.2, 0.25) is 0 Å². The van der Waals surface area contributed by atoms with Crippen molar-refractivity contribution < 1.29 is 13.9 Å². The normalized spacial score (nSPS) is 18.8. The summed E-state index contributed by atoms with van der Waals surface area (Å²) in [6, 6.07) is 14.6. The number of halogens is 1. The first-order valence-electron chi connectivity index (χ1n) is 9.85. The predicted octanol–water partition coefficient (Wildman–Crippen LogP) is 6.60. The van der Waals surface area contributed by atoms with Gasteiger partial charge in [0, 0.05) is 6.07 Å². The van der Waals surface area contributed by atoms with Crippen molar-refractivity contribution in [1.29, 1.82) is 0 Å². The van der Waals surface area contributed by atoms with Gasteiger partial charge >= 0.3 is 0 Å². The Balaban J connectivity index is 0.00000117. The Hall–Kier alpha value is -2.03. The summed E-state index contributed by atoms with van der Waals surface area (Å²) >= 11 is 0. The molecule has 2 aromatic rings. The lowest BCUT2D eigenvalue weighted by Gasteiger charge is -2.12. The summed E-state index contributed by atoms with van der Waals surface area (Å²) < 4.78 is 24.2. The minimum absolute atomic E-state index is 0.291. The highest BCUT2D eigenvalue weighted by Gasteiger charge is 2.24. The molecule has 0 N–H and O–H groups in total. The van der Waals surface area contributed by atoms with Crippen LogP contribution in [-0.2, 0) is 0 Å². The molecule has 0 bridgehead atoms. The fraction of sp³-hybridized carbons (Fsp3) is 0.478. The highest BCUT2D eigenvalue weighted by Crippen LogP contribution is 2.39. The second-order valence-corrected chi connectivity index (χ2v) is 6.51. The van der Waals surface area contributed by atoms with E-state index < -0.39 is 0 Å². The largest absolute Gasteiger partial charge is 0.490 e. The Labute approximate surface area is 157 Å². The zero-order valence-electron chi connectivity index (χ0n) is 16.2. The van der Waals surface area contributed by atoms with Gasteiger partial charge in [0.15, 0.2) is 0 Å². The van der Waals surface area contributed by atoms with E-state index in [1.807, 2.05) is 26.0 Å². The topological polar surface area (TPSA) is 18.5 Å². The van der Waals surface area contributed by atoms with Gasteiger partial charge in [-0.15, -0.1) is 0 Å². The molecule has 2 unspecified atom stereocenters. The SMILES string of the molecule is CC.CCC1CCC(c2ccc(OCCOc3cccc(F)c3)cc2)C1. The standard InChI is InChI=1S/C21H25FO2.C2H6/c1-2-16-6-7-18(14-16)17-8-10-20(11-9-17)23-12-13-24-21-5-3-4-19(22)15-21;1-2/h3-5,8-11,15-16,18H,2,6-7,12-14H2,1H3;1-2H3. The van der Waals surface area contributed by atoms with E-state index in [0.717, 1.165) is 11.7 Å².